The molecule has 0 saturated carbocycles. The molecule has 0 aliphatic heterocycles. The molecule has 7 heteroatoms. The highest BCUT2D eigenvalue weighted by Gasteiger charge is 2.09. The van der Waals surface area contributed by atoms with E-state index in [0.717, 1.165) is 27.7 Å². The number of carbonyl (C=O) groups excluding carboxylic acids is 1. The zero-order valence-corrected chi connectivity index (χ0v) is 18.6. The van der Waals surface area contributed by atoms with Gasteiger partial charge in [0.05, 0.1) is 17.8 Å². The summed E-state index contributed by atoms with van der Waals surface area (Å²) in [5.41, 5.74) is 3.30. The molecule has 2 aromatic carbocycles. The number of thiazole rings is 1. The van der Waals surface area contributed by atoms with Crippen LogP contribution in [-0.2, 0) is 17.8 Å². The summed E-state index contributed by atoms with van der Waals surface area (Å²) in [6, 6.07) is 20.6. The Balaban J connectivity index is 1.30. The highest BCUT2D eigenvalue weighted by atomic mass is 35.5. The van der Waals surface area contributed by atoms with Gasteiger partial charge in [-0.05, 0) is 60.2 Å². The average Bonchev–Trinajstić information content (AvgIpc) is 3.25. The van der Waals surface area contributed by atoms with Crippen molar-refractivity contribution >= 4 is 46.7 Å². The Bertz CT molecular complexity index is 1210. The Morgan fingerprint density at radius 3 is 2.75 bits per heavy atom. The van der Waals surface area contributed by atoms with Crippen LogP contribution in [0.25, 0.3) is 12.2 Å². The van der Waals surface area contributed by atoms with Gasteiger partial charge in [-0.15, -0.1) is 11.3 Å². The minimum Gasteiger partial charge on any atom is -0.486 e. The third kappa shape index (κ3) is 6.51. The molecule has 1 amide bonds. The summed E-state index contributed by atoms with van der Waals surface area (Å²) in [4.78, 5) is 21.2. The number of amides is 1. The fourth-order valence-corrected chi connectivity index (χ4v) is 3.75. The first-order chi connectivity index (χ1) is 15.6. The van der Waals surface area contributed by atoms with Gasteiger partial charge in [0.25, 0.3) is 0 Å². The van der Waals surface area contributed by atoms with Gasteiger partial charge in [-0.2, -0.15) is 0 Å². The lowest BCUT2D eigenvalue weighted by Gasteiger charge is -2.05. The van der Waals surface area contributed by atoms with E-state index in [4.69, 9.17) is 16.3 Å². The normalized spacial score (nSPS) is 10.9. The molecule has 0 saturated heterocycles. The van der Waals surface area contributed by atoms with E-state index in [1.165, 1.54) is 11.3 Å². The zero-order chi connectivity index (χ0) is 22.2. The molecule has 4 rings (SSSR count). The average molecular weight is 462 g/mol. The first-order valence-electron chi connectivity index (χ1n) is 9.95. The minimum atomic E-state index is -0.119. The second kappa shape index (κ2) is 10.7. The van der Waals surface area contributed by atoms with Crippen LogP contribution in [-0.4, -0.2) is 15.9 Å². The smallest absolute Gasteiger partial charge is 0.230 e. The van der Waals surface area contributed by atoms with E-state index < -0.39 is 0 Å². The molecule has 0 unspecified atom stereocenters. The van der Waals surface area contributed by atoms with Crippen LogP contribution in [0.15, 0.2) is 78.3 Å². The monoisotopic (exact) mass is 461 g/mol. The highest BCUT2D eigenvalue weighted by Crippen LogP contribution is 2.19. The van der Waals surface area contributed by atoms with Crippen LogP contribution >= 0.6 is 22.9 Å². The number of nitrogens with one attached hydrogen (secondary N) is 1. The quantitative estimate of drug-likeness (QED) is 0.343. The molecule has 0 atom stereocenters. The molecule has 0 aliphatic rings. The fraction of sp³-hybridized carbons (Fsp3) is 0.0800. The summed E-state index contributed by atoms with van der Waals surface area (Å²) < 4.78 is 5.71. The summed E-state index contributed by atoms with van der Waals surface area (Å²) in [6.45, 7) is 0.346. The molecule has 0 fully saturated rings. The van der Waals surface area contributed by atoms with Crippen molar-refractivity contribution in [2.75, 3.05) is 5.32 Å². The number of anilines is 1. The van der Waals surface area contributed by atoms with E-state index in [1.54, 1.807) is 18.3 Å². The number of halogens is 1. The van der Waals surface area contributed by atoms with E-state index in [2.05, 4.69) is 15.3 Å². The Kier molecular flexibility index (Phi) is 7.27. The second-order valence-electron chi connectivity index (χ2n) is 6.91. The van der Waals surface area contributed by atoms with E-state index >= 15 is 0 Å². The summed E-state index contributed by atoms with van der Waals surface area (Å²) >= 11 is 7.35. The first kappa shape index (κ1) is 21.7. The Morgan fingerprint density at radius 1 is 1.06 bits per heavy atom. The van der Waals surface area contributed by atoms with Crippen molar-refractivity contribution < 1.29 is 9.53 Å². The van der Waals surface area contributed by atoms with Crippen molar-refractivity contribution in [3.05, 3.63) is 105 Å². The Hall–Kier alpha value is -3.48. The lowest BCUT2D eigenvalue weighted by molar-refractivity contribution is -0.115. The van der Waals surface area contributed by atoms with Crippen LogP contribution in [0.5, 0.6) is 5.75 Å². The van der Waals surface area contributed by atoms with Crippen LogP contribution in [0.4, 0.5) is 5.69 Å². The predicted octanol–water partition coefficient (Wildman–Crippen LogP) is 6.12. The number of nitrogens with zero attached hydrogens (tertiary/aromatic N) is 2. The van der Waals surface area contributed by atoms with E-state index in [-0.39, 0.29) is 12.3 Å². The third-order valence-electron chi connectivity index (χ3n) is 4.42. The number of rotatable bonds is 8. The van der Waals surface area contributed by atoms with Gasteiger partial charge in [0, 0.05) is 22.3 Å². The van der Waals surface area contributed by atoms with Gasteiger partial charge in [0.1, 0.15) is 17.4 Å². The Labute approximate surface area is 195 Å². The Morgan fingerprint density at radius 2 is 1.94 bits per heavy atom. The second-order valence-corrected chi connectivity index (χ2v) is 8.29. The molecule has 1 N–H and O–H groups in total. The minimum absolute atomic E-state index is 0.119. The summed E-state index contributed by atoms with van der Waals surface area (Å²) in [5.74, 6) is 0.604. The van der Waals surface area contributed by atoms with E-state index in [0.29, 0.717) is 17.3 Å². The number of aromatic nitrogens is 2. The molecular formula is C25H20ClN3O2S. The fourth-order valence-electron chi connectivity index (χ4n) is 2.92. The van der Waals surface area contributed by atoms with Crippen molar-refractivity contribution in [1.29, 1.82) is 0 Å². The molecule has 0 aliphatic carbocycles. The van der Waals surface area contributed by atoms with Gasteiger partial charge in [-0.25, -0.2) is 4.98 Å². The molecule has 0 spiro atoms. The number of carbonyl (C=O) groups is 1. The van der Waals surface area contributed by atoms with E-state index in [1.807, 2.05) is 72.1 Å². The molecule has 0 radical (unpaired) electrons. The molecule has 0 bridgehead atoms. The lowest BCUT2D eigenvalue weighted by atomic mass is 10.1. The molecule has 2 heterocycles. The molecule has 2 aromatic heterocycles. The summed E-state index contributed by atoms with van der Waals surface area (Å²) in [7, 11) is 0. The van der Waals surface area contributed by atoms with Crippen molar-refractivity contribution in [3.63, 3.8) is 0 Å². The van der Waals surface area contributed by atoms with E-state index in [9.17, 15) is 4.79 Å². The number of benzene rings is 2. The van der Waals surface area contributed by atoms with Crippen molar-refractivity contribution in [3.8, 4) is 5.75 Å². The van der Waals surface area contributed by atoms with Gasteiger partial charge in [-0.1, -0.05) is 35.9 Å². The number of pyridine rings is 1. The standard InChI is InChI=1S/C25H20ClN3O2S/c26-19-8-11-23(12-9-19)31-16-25-29-22(17-32-25)15-24(30)28-21-6-3-4-18(14-21)7-10-20-5-1-2-13-27-20/h1-14,17H,15-16H2,(H,28,30)/b10-7+. The van der Waals surface area contributed by atoms with Crippen LogP contribution < -0.4 is 10.1 Å². The van der Waals surface area contributed by atoms with Crippen LogP contribution in [0.2, 0.25) is 5.02 Å². The summed E-state index contributed by atoms with van der Waals surface area (Å²) in [6.07, 6.45) is 5.85. The number of ether oxygens (including phenoxy) is 1. The van der Waals surface area contributed by atoms with Gasteiger partial charge >= 0.3 is 0 Å². The van der Waals surface area contributed by atoms with Gasteiger partial charge in [0.15, 0.2) is 0 Å². The zero-order valence-electron chi connectivity index (χ0n) is 17.1. The lowest BCUT2D eigenvalue weighted by Crippen LogP contribution is -2.14. The third-order valence-corrected chi connectivity index (χ3v) is 5.54. The van der Waals surface area contributed by atoms with Crippen molar-refractivity contribution in [2.45, 2.75) is 13.0 Å². The molecular weight excluding hydrogens is 442 g/mol. The molecule has 160 valence electrons. The molecule has 4 aromatic rings. The SMILES string of the molecule is O=C(Cc1csc(COc2ccc(Cl)cc2)n1)Nc1cccc(/C=C/c2ccccn2)c1. The van der Waals surface area contributed by atoms with Crippen LogP contribution in [0, 0.1) is 0 Å². The summed E-state index contributed by atoms with van der Waals surface area (Å²) in [5, 5.41) is 6.29. The maximum Gasteiger partial charge on any atom is 0.230 e. The topological polar surface area (TPSA) is 64.1 Å². The van der Waals surface area contributed by atoms with Crippen molar-refractivity contribution in [2.24, 2.45) is 0 Å². The molecule has 32 heavy (non-hydrogen) atoms. The van der Waals surface area contributed by atoms with Crippen molar-refractivity contribution in [1.82, 2.24) is 9.97 Å². The molecule has 5 nitrogen and oxygen atoms in total. The maximum atomic E-state index is 12.5. The first-order valence-corrected chi connectivity index (χ1v) is 11.2. The van der Waals surface area contributed by atoms with Gasteiger partial charge < -0.3 is 10.1 Å². The number of hydrogen-bond acceptors (Lipinski definition) is 5. The number of hydrogen-bond donors (Lipinski definition) is 1. The maximum absolute atomic E-state index is 12.5. The van der Waals surface area contributed by atoms with Gasteiger partial charge in [-0.3, -0.25) is 9.78 Å². The predicted molar refractivity (Wildman–Crippen MR) is 130 cm³/mol. The van der Waals surface area contributed by atoms with Crippen LogP contribution in [0.3, 0.4) is 0 Å². The highest BCUT2D eigenvalue weighted by molar-refractivity contribution is 7.09. The van der Waals surface area contributed by atoms with Crippen LogP contribution in [0.1, 0.15) is 22.0 Å². The largest absolute Gasteiger partial charge is 0.486 e. The van der Waals surface area contributed by atoms with Gasteiger partial charge in [0.2, 0.25) is 5.91 Å².